The van der Waals surface area contributed by atoms with Crippen molar-refractivity contribution in [3.63, 3.8) is 0 Å². The SMILES string of the molecule is CCCCCCCCCCC(=O)Cc1ccc(N=C(CCCCC)C(CCCCCC)=Nc2ccc(CC(=O)CCCCCCCCCC)cc2)cc1. The van der Waals surface area contributed by atoms with Crippen molar-refractivity contribution in [2.75, 3.05) is 0 Å². The molecule has 0 aliphatic carbocycles. The van der Waals surface area contributed by atoms with Gasteiger partial charge in [0.2, 0.25) is 0 Å². The van der Waals surface area contributed by atoms with E-state index in [1.54, 1.807) is 0 Å². The molecule has 0 N–H and O–H groups in total. The van der Waals surface area contributed by atoms with Crippen LogP contribution in [0.25, 0.3) is 0 Å². The fourth-order valence-corrected chi connectivity index (χ4v) is 7.02. The molecule has 0 radical (unpaired) electrons. The summed E-state index contributed by atoms with van der Waals surface area (Å²) in [5.74, 6) is 0.681. The van der Waals surface area contributed by atoms with E-state index in [2.05, 4.69) is 76.2 Å². The number of rotatable bonds is 34. The van der Waals surface area contributed by atoms with E-state index in [9.17, 15) is 9.59 Å². The molecule has 0 unspecified atom stereocenters. The Hall–Kier alpha value is -2.88. The average molecular weight is 727 g/mol. The lowest BCUT2D eigenvalue weighted by Gasteiger charge is -2.12. The monoisotopic (exact) mass is 727 g/mol. The molecule has 4 nitrogen and oxygen atoms in total. The molecule has 0 aliphatic rings. The van der Waals surface area contributed by atoms with E-state index in [4.69, 9.17) is 9.98 Å². The van der Waals surface area contributed by atoms with Gasteiger partial charge in [0, 0.05) is 25.7 Å². The zero-order valence-corrected chi connectivity index (χ0v) is 34.8. The van der Waals surface area contributed by atoms with Crippen molar-refractivity contribution >= 4 is 34.4 Å². The fraction of sp³-hybridized carbons (Fsp3) is 0.673. The smallest absolute Gasteiger partial charge is 0.137 e. The van der Waals surface area contributed by atoms with Crippen LogP contribution in [0.1, 0.15) is 212 Å². The van der Waals surface area contributed by atoms with Crippen LogP contribution in [-0.4, -0.2) is 23.0 Å². The molecule has 0 saturated heterocycles. The maximum absolute atomic E-state index is 12.7. The molecule has 4 heteroatoms. The zero-order chi connectivity index (χ0) is 38.2. The van der Waals surface area contributed by atoms with E-state index in [1.807, 2.05) is 0 Å². The molecule has 0 bridgehead atoms. The minimum atomic E-state index is 0.341. The first kappa shape index (κ1) is 46.3. The van der Waals surface area contributed by atoms with Crippen molar-refractivity contribution in [3.05, 3.63) is 59.7 Å². The molecule has 2 aromatic rings. The molecule has 0 spiro atoms. The van der Waals surface area contributed by atoms with Crippen molar-refractivity contribution in [1.29, 1.82) is 0 Å². The number of unbranched alkanes of at least 4 members (excludes halogenated alkanes) is 19. The molecule has 2 aromatic carbocycles. The molecular formula is C49H78N2O2. The van der Waals surface area contributed by atoms with E-state index >= 15 is 0 Å². The second kappa shape index (κ2) is 31.5. The van der Waals surface area contributed by atoms with Gasteiger partial charge < -0.3 is 0 Å². The van der Waals surface area contributed by atoms with Crippen LogP contribution in [0.4, 0.5) is 11.4 Å². The van der Waals surface area contributed by atoms with E-state index in [0.717, 1.165) is 91.7 Å². The van der Waals surface area contributed by atoms with Crippen molar-refractivity contribution in [2.24, 2.45) is 9.98 Å². The van der Waals surface area contributed by atoms with Gasteiger partial charge in [-0.05, 0) is 73.9 Å². The quantitative estimate of drug-likeness (QED) is 0.0532. The predicted molar refractivity (Wildman–Crippen MR) is 232 cm³/mol. The molecule has 0 atom stereocenters. The number of hydrogen-bond acceptors (Lipinski definition) is 4. The number of hydrogen-bond donors (Lipinski definition) is 0. The highest BCUT2D eigenvalue weighted by Crippen LogP contribution is 2.22. The van der Waals surface area contributed by atoms with E-state index in [-0.39, 0.29) is 0 Å². The topological polar surface area (TPSA) is 58.9 Å². The number of aliphatic imine (C=N–C) groups is 2. The summed E-state index contributed by atoms with van der Waals surface area (Å²) in [6.07, 6.45) is 32.4. The third-order valence-corrected chi connectivity index (χ3v) is 10.4. The van der Waals surface area contributed by atoms with Gasteiger partial charge in [-0.2, -0.15) is 0 Å². The first-order valence-electron chi connectivity index (χ1n) is 22.4. The molecule has 0 aliphatic heterocycles. The normalized spacial score (nSPS) is 12.1. The van der Waals surface area contributed by atoms with Gasteiger partial charge in [0.25, 0.3) is 0 Å². The number of benzene rings is 2. The minimum absolute atomic E-state index is 0.341. The third-order valence-electron chi connectivity index (χ3n) is 10.4. The Morgan fingerprint density at radius 3 is 0.981 bits per heavy atom. The Morgan fingerprint density at radius 2 is 0.623 bits per heavy atom. The molecule has 296 valence electrons. The van der Waals surface area contributed by atoms with Gasteiger partial charge in [0.05, 0.1) is 22.8 Å². The highest BCUT2D eigenvalue weighted by Gasteiger charge is 2.12. The van der Waals surface area contributed by atoms with Crippen molar-refractivity contribution in [2.45, 2.75) is 214 Å². The molecular weight excluding hydrogens is 649 g/mol. The summed E-state index contributed by atoms with van der Waals surface area (Å²) >= 11 is 0. The highest BCUT2D eigenvalue weighted by molar-refractivity contribution is 6.43. The second-order valence-corrected chi connectivity index (χ2v) is 15.6. The van der Waals surface area contributed by atoms with Crippen molar-refractivity contribution in [3.8, 4) is 0 Å². The van der Waals surface area contributed by atoms with Gasteiger partial charge in [-0.15, -0.1) is 0 Å². The van der Waals surface area contributed by atoms with E-state index < -0.39 is 0 Å². The first-order chi connectivity index (χ1) is 26.0. The van der Waals surface area contributed by atoms with Gasteiger partial charge in [-0.1, -0.05) is 174 Å². The lowest BCUT2D eigenvalue weighted by molar-refractivity contribution is -0.119. The molecule has 2 rings (SSSR count). The summed E-state index contributed by atoms with van der Waals surface area (Å²) < 4.78 is 0. The summed E-state index contributed by atoms with van der Waals surface area (Å²) in [5.41, 5.74) is 6.18. The number of carbonyl (C=O) groups excluding carboxylic acids is 2. The summed E-state index contributed by atoms with van der Waals surface area (Å²) in [6.45, 7) is 9.01. The molecule has 0 amide bonds. The van der Waals surface area contributed by atoms with Crippen molar-refractivity contribution < 1.29 is 9.59 Å². The van der Waals surface area contributed by atoms with Gasteiger partial charge in [-0.25, -0.2) is 0 Å². The van der Waals surface area contributed by atoms with Crippen molar-refractivity contribution in [1.82, 2.24) is 0 Å². The lowest BCUT2D eigenvalue weighted by Crippen LogP contribution is -2.14. The number of nitrogens with zero attached hydrogens (tertiary/aromatic N) is 2. The first-order valence-corrected chi connectivity index (χ1v) is 22.4. The van der Waals surface area contributed by atoms with Crippen LogP contribution in [0.15, 0.2) is 58.5 Å². The van der Waals surface area contributed by atoms with E-state index in [1.165, 1.54) is 103 Å². The Labute approximate surface area is 326 Å². The Balaban J connectivity index is 2.05. The minimum Gasteiger partial charge on any atom is -0.299 e. The second-order valence-electron chi connectivity index (χ2n) is 15.6. The third kappa shape index (κ3) is 23.5. The van der Waals surface area contributed by atoms with Crippen LogP contribution < -0.4 is 0 Å². The summed E-state index contributed by atoms with van der Waals surface area (Å²) in [5, 5.41) is 0. The van der Waals surface area contributed by atoms with Gasteiger partial charge in [0.1, 0.15) is 11.6 Å². The summed E-state index contributed by atoms with van der Waals surface area (Å²) in [4.78, 5) is 35.9. The van der Waals surface area contributed by atoms with Crippen LogP contribution in [-0.2, 0) is 22.4 Å². The van der Waals surface area contributed by atoms with E-state index in [0.29, 0.717) is 37.2 Å². The number of Topliss-reactive ketones (excluding diaryl/α,β-unsaturated/α-hetero) is 2. The van der Waals surface area contributed by atoms with Crippen LogP contribution >= 0.6 is 0 Å². The summed E-state index contributed by atoms with van der Waals surface area (Å²) in [6, 6.07) is 16.6. The average Bonchev–Trinajstić information content (AvgIpc) is 3.16. The van der Waals surface area contributed by atoms with Gasteiger partial charge >= 0.3 is 0 Å². The summed E-state index contributed by atoms with van der Waals surface area (Å²) in [7, 11) is 0. The molecule has 53 heavy (non-hydrogen) atoms. The Morgan fingerprint density at radius 1 is 0.358 bits per heavy atom. The van der Waals surface area contributed by atoms with Crippen LogP contribution in [0.3, 0.4) is 0 Å². The maximum atomic E-state index is 12.7. The molecule has 0 aromatic heterocycles. The number of carbonyl (C=O) groups is 2. The standard InChI is InChI=1S/C49H78N2O2/c1-5-9-13-16-18-20-22-25-28-46(52)40-42-32-36-44(37-33-42)50-48(30-24-12-8-4)49(31-27-15-11-7-3)51-45-38-34-43(35-39-45)41-47(53)29-26-23-21-19-17-14-10-6-2/h32-39H,5-31,40-41H2,1-4H3. The number of ketones is 2. The van der Waals surface area contributed by atoms with Crippen LogP contribution in [0.5, 0.6) is 0 Å². The molecule has 0 heterocycles. The maximum Gasteiger partial charge on any atom is 0.137 e. The molecule has 0 fully saturated rings. The fourth-order valence-electron chi connectivity index (χ4n) is 7.02. The predicted octanol–water partition coefficient (Wildman–Crippen LogP) is 15.4. The van der Waals surface area contributed by atoms with Gasteiger partial charge in [-0.3, -0.25) is 19.6 Å². The van der Waals surface area contributed by atoms with Crippen LogP contribution in [0, 0.1) is 0 Å². The molecule has 0 saturated carbocycles. The Kier molecular flexibility index (Phi) is 27.5. The Bertz CT molecular complexity index is 1270. The van der Waals surface area contributed by atoms with Gasteiger partial charge in [0.15, 0.2) is 0 Å². The highest BCUT2D eigenvalue weighted by atomic mass is 16.1. The lowest BCUT2D eigenvalue weighted by atomic mass is 10.0. The largest absolute Gasteiger partial charge is 0.299 e. The zero-order valence-electron chi connectivity index (χ0n) is 34.8. The van der Waals surface area contributed by atoms with Crippen LogP contribution in [0.2, 0.25) is 0 Å².